The van der Waals surface area contributed by atoms with Crippen LogP contribution in [-0.2, 0) is 16.4 Å². The third-order valence-corrected chi connectivity index (χ3v) is 7.56. The number of ether oxygens (including phenoxy) is 1. The fourth-order valence-electron chi connectivity index (χ4n) is 3.87. The minimum absolute atomic E-state index is 0.127. The number of thiocarbonyl (C=S) groups is 1. The van der Waals surface area contributed by atoms with Crippen LogP contribution in [0.25, 0.3) is 10.8 Å². The van der Waals surface area contributed by atoms with Crippen molar-refractivity contribution < 1.29 is 13.2 Å². The first-order chi connectivity index (χ1) is 14.4. The molecule has 1 saturated heterocycles. The maximum absolute atomic E-state index is 12.2. The van der Waals surface area contributed by atoms with Crippen molar-refractivity contribution in [2.75, 3.05) is 23.9 Å². The second-order valence-electron chi connectivity index (χ2n) is 7.48. The highest BCUT2D eigenvalue weighted by molar-refractivity contribution is 7.91. The second kappa shape index (κ2) is 8.62. The zero-order chi connectivity index (χ0) is 21.1. The molecule has 1 aliphatic heterocycles. The van der Waals surface area contributed by atoms with Crippen molar-refractivity contribution >= 4 is 43.6 Å². The smallest absolute Gasteiger partial charge is 0.174 e. The number of methoxy groups -OCH3 is 1. The summed E-state index contributed by atoms with van der Waals surface area (Å²) in [5.41, 5.74) is 1.96. The fourth-order valence-corrected chi connectivity index (χ4v) is 5.93. The number of fused-ring (bicyclic) bond motifs is 1. The van der Waals surface area contributed by atoms with E-state index in [0.29, 0.717) is 18.1 Å². The third kappa shape index (κ3) is 4.57. The lowest BCUT2D eigenvalue weighted by Crippen LogP contribution is -2.43. The summed E-state index contributed by atoms with van der Waals surface area (Å²) < 4.78 is 29.5. The van der Waals surface area contributed by atoms with Crippen molar-refractivity contribution in [3.8, 4) is 5.75 Å². The number of anilines is 1. The highest BCUT2D eigenvalue weighted by Gasteiger charge is 2.33. The molecule has 1 atom stereocenters. The van der Waals surface area contributed by atoms with Crippen LogP contribution in [0, 0.1) is 0 Å². The number of nitrogens with one attached hydrogen (secondary N) is 1. The van der Waals surface area contributed by atoms with Crippen LogP contribution < -0.4 is 10.1 Å². The fraction of sp³-hybridized carbons (Fsp3) is 0.261. The van der Waals surface area contributed by atoms with Crippen LogP contribution in [0.4, 0.5) is 5.69 Å². The molecule has 0 amide bonds. The summed E-state index contributed by atoms with van der Waals surface area (Å²) in [6.07, 6.45) is 0.581. The molecule has 0 saturated carbocycles. The lowest BCUT2D eigenvalue weighted by molar-refractivity contribution is 0.333. The van der Waals surface area contributed by atoms with Gasteiger partial charge >= 0.3 is 0 Å². The highest BCUT2D eigenvalue weighted by Crippen LogP contribution is 2.25. The summed E-state index contributed by atoms with van der Waals surface area (Å²) in [6.45, 7) is 0.545. The topological polar surface area (TPSA) is 58.6 Å². The van der Waals surface area contributed by atoms with Gasteiger partial charge in [0.2, 0.25) is 0 Å². The molecule has 0 bridgehead atoms. The molecule has 30 heavy (non-hydrogen) atoms. The van der Waals surface area contributed by atoms with E-state index in [1.165, 1.54) is 0 Å². The quantitative estimate of drug-likeness (QED) is 0.599. The molecule has 0 spiro atoms. The normalized spacial score (nSPS) is 17.6. The predicted octanol–water partition coefficient (Wildman–Crippen LogP) is 4.23. The maximum atomic E-state index is 12.2. The molecule has 0 radical (unpaired) electrons. The molecule has 1 unspecified atom stereocenters. The molecule has 7 heteroatoms. The summed E-state index contributed by atoms with van der Waals surface area (Å²) in [6, 6.07) is 21.8. The summed E-state index contributed by atoms with van der Waals surface area (Å²) in [5, 5.41) is 6.10. The monoisotopic (exact) mass is 440 g/mol. The van der Waals surface area contributed by atoms with E-state index in [0.717, 1.165) is 27.8 Å². The van der Waals surface area contributed by atoms with Crippen LogP contribution in [0.3, 0.4) is 0 Å². The zero-order valence-electron chi connectivity index (χ0n) is 16.7. The van der Waals surface area contributed by atoms with Crippen molar-refractivity contribution in [3.05, 3.63) is 72.3 Å². The number of nitrogens with zero attached hydrogens (tertiary/aromatic N) is 1. The van der Waals surface area contributed by atoms with E-state index < -0.39 is 9.84 Å². The highest BCUT2D eigenvalue weighted by atomic mass is 32.2. The first-order valence-corrected chi connectivity index (χ1v) is 12.1. The lowest BCUT2D eigenvalue weighted by Gasteiger charge is -2.31. The van der Waals surface area contributed by atoms with Crippen molar-refractivity contribution in [1.82, 2.24) is 4.90 Å². The number of rotatable bonds is 5. The van der Waals surface area contributed by atoms with E-state index in [-0.39, 0.29) is 17.5 Å². The van der Waals surface area contributed by atoms with E-state index in [4.69, 9.17) is 17.0 Å². The average Bonchev–Trinajstić information content (AvgIpc) is 3.11. The number of hydrogen-bond acceptors (Lipinski definition) is 4. The van der Waals surface area contributed by atoms with E-state index >= 15 is 0 Å². The van der Waals surface area contributed by atoms with Gasteiger partial charge in [-0.3, -0.25) is 0 Å². The molecule has 1 aliphatic rings. The minimum Gasteiger partial charge on any atom is -0.497 e. The van der Waals surface area contributed by atoms with Crippen LogP contribution in [0.1, 0.15) is 12.0 Å². The van der Waals surface area contributed by atoms with Gasteiger partial charge in [0, 0.05) is 18.3 Å². The Kier molecular flexibility index (Phi) is 5.92. The largest absolute Gasteiger partial charge is 0.497 e. The maximum Gasteiger partial charge on any atom is 0.174 e. The summed E-state index contributed by atoms with van der Waals surface area (Å²) in [4.78, 5) is 2.02. The first-order valence-electron chi connectivity index (χ1n) is 9.84. The Morgan fingerprint density at radius 2 is 1.83 bits per heavy atom. The summed E-state index contributed by atoms with van der Waals surface area (Å²) in [5.74, 6) is 1.10. The van der Waals surface area contributed by atoms with Crippen LogP contribution in [-0.4, -0.2) is 43.1 Å². The lowest BCUT2D eigenvalue weighted by atomic mass is 10.0. The van der Waals surface area contributed by atoms with Crippen molar-refractivity contribution in [2.24, 2.45) is 0 Å². The Morgan fingerprint density at radius 1 is 1.10 bits per heavy atom. The van der Waals surface area contributed by atoms with Gasteiger partial charge < -0.3 is 15.0 Å². The van der Waals surface area contributed by atoms with E-state index in [1.807, 2.05) is 47.4 Å². The van der Waals surface area contributed by atoms with Gasteiger partial charge in [-0.05, 0) is 59.2 Å². The van der Waals surface area contributed by atoms with Crippen LogP contribution in [0.15, 0.2) is 66.7 Å². The molecule has 3 aromatic carbocycles. The summed E-state index contributed by atoms with van der Waals surface area (Å²) in [7, 11) is -1.41. The number of sulfone groups is 1. The molecule has 1 heterocycles. The average molecular weight is 441 g/mol. The van der Waals surface area contributed by atoms with Crippen LogP contribution >= 0.6 is 12.2 Å². The van der Waals surface area contributed by atoms with Crippen molar-refractivity contribution in [3.63, 3.8) is 0 Å². The van der Waals surface area contributed by atoms with Gasteiger partial charge in [0.05, 0.1) is 18.6 Å². The van der Waals surface area contributed by atoms with Gasteiger partial charge in [-0.15, -0.1) is 0 Å². The molecule has 1 N–H and O–H groups in total. The van der Waals surface area contributed by atoms with Gasteiger partial charge in [0.25, 0.3) is 0 Å². The van der Waals surface area contributed by atoms with Gasteiger partial charge in [-0.1, -0.05) is 42.5 Å². The van der Waals surface area contributed by atoms with Gasteiger partial charge in [0.15, 0.2) is 14.9 Å². The molecular weight excluding hydrogens is 416 g/mol. The molecule has 5 nitrogen and oxygen atoms in total. The van der Waals surface area contributed by atoms with Gasteiger partial charge in [-0.25, -0.2) is 8.42 Å². The third-order valence-electron chi connectivity index (χ3n) is 5.47. The van der Waals surface area contributed by atoms with E-state index in [9.17, 15) is 8.42 Å². The van der Waals surface area contributed by atoms with Gasteiger partial charge in [-0.2, -0.15) is 0 Å². The molecule has 0 aromatic heterocycles. The van der Waals surface area contributed by atoms with Crippen molar-refractivity contribution in [2.45, 2.75) is 19.0 Å². The van der Waals surface area contributed by atoms with Crippen LogP contribution in [0.5, 0.6) is 5.75 Å². The first kappa shape index (κ1) is 20.6. The Labute approximate surface area is 182 Å². The van der Waals surface area contributed by atoms with E-state index in [2.05, 4.69) is 29.6 Å². The Bertz CT molecular complexity index is 1160. The van der Waals surface area contributed by atoms with Crippen molar-refractivity contribution in [1.29, 1.82) is 0 Å². The van der Waals surface area contributed by atoms with Crippen LogP contribution in [0.2, 0.25) is 0 Å². The zero-order valence-corrected chi connectivity index (χ0v) is 18.4. The predicted molar refractivity (Wildman–Crippen MR) is 126 cm³/mol. The molecule has 1 fully saturated rings. The Balaban J connectivity index is 1.62. The Morgan fingerprint density at radius 3 is 2.53 bits per heavy atom. The molecule has 156 valence electrons. The molecule has 3 aromatic rings. The van der Waals surface area contributed by atoms with Gasteiger partial charge in [0.1, 0.15) is 5.75 Å². The van der Waals surface area contributed by atoms with E-state index in [1.54, 1.807) is 7.11 Å². The number of benzene rings is 3. The molecule has 0 aliphatic carbocycles. The minimum atomic E-state index is -3.04. The summed E-state index contributed by atoms with van der Waals surface area (Å²) >= 11 is 5.74. The molecular formula is C23H24N2O3S2. The SMILES string of the molecule is COc1ccc(NC(=S)N(Cc2cccc3ccccc23)C2CCS(=O)(=O)C2)cc1. The Hall–Kier alpha value is -2.64. The standard InChI is InChI=1S/C23H24N2O3S2/c1-28-21-11-9-19(10-12-21)24-23(29)25(20-13-14-30(26,27)16-20)15-18-7-4-6-17-5-2-3-8-22(17)18/h2-12,20H,13-16H2,1H3,(H,24,29). The number of hydrogen-bond donors (Lipinski definition) is 1. The second-order valence-corrected chi connectivity index (χ2v) is 10.1. The molecule has 4 rings (SSSR count).